The van der Waals surface area contributed by atoms with Gasteiger partial charge in [0.05, 0.1) is 5.52 Å². The van der Waals surface area contributed by atoms with Gasteiger partial charge >= 0.3 is 0 Å². The minimum atomic E-state index is 0.610. The molecular formula is C9H12N4. The molecule has 0 fully saturated rings. The number of fused-ring (bicyclic) bond motifs is 1. The number of H-pyrrole nitrogens is 1. The Balaban J connectivity index is 2.49. The van der Waals surface area contributed by atoms with Crippen LogP contribution < -0.4 is 5.73 Å². The maximum absolute atomic E-state index is 5.43. The molecule has 2 aromatic heterocycles. The molecule has 13 heavy (non-hydrogen) atoms. The monoisotopic (exact) mass is 176 g/mol. The van der Waals surface area contributed by atoms with Crippen LogP contribution in [0.25, 0.3) is 11.2 Å². The molecule has 4 nitrogen and oxygen atoms in total. The molecule has 0 aliphatic carbocycles. The largest absolute Gasteiger partial charge is 0.341 e. The number of imidazole rings is 1. The number of pyridine rings is 1. The highest BCUT2D eigenvalue weighted by Gasteiger charge is 2.02. The van der Waals surface area contributed by atoms with E-state index >= 15 is 0 Å². The summed E-state index contributed by atoms with van der Waals surface area (Å²) in [6.45, 7) is 2.57. The molecule has 3 N–H and O–H groups in total. The molecule has 0 amide bonds. The zero-order valence-corrected chi connectivity index (χ0v) is 7.54. The molecule has 0 bridgehead atoms. The third kappa shape index (κ3) is 1.53. The number of rotatable bonds is 2. The van der Waals surface area contributed by atoms with E-state index in [1.807, 2.05) is 19.1 Å². The van der Waals surface area contributed by atoms with Gasteiger partial charge in [0.2, 0.25) is 0 Å². The fourth-order valence-electron chi connectivity index (χ4n) is 1.29. The van der Waals surface area contributed by atoms with Gasteiger partial charge in [-0.15, -0.1) is 0 Å². The molecule has 2 heterocycles. The van der Waals surface area contributed by atoms with Gasteiger partial charge in [-0.25, -0.2) is 9.97 Å². The van der Waals surface area contributed by atoms with Crippen LogP contribution in [-0.4, -0.2) is 21.5 Å². The third-order valence-corrected chi connectivity index (χ3v) is 1.92. The molecule has 2 rings (SSSR count). The van der Waals surface area contributed by atoms with E-state index in [0.29, 0.717) is 6.54 Å². The van der Waals surface area contributed by atoms with E-state index in [1.165, 1.54) is 0 Å². The van der Waals surface area contributed by atoms with Gasteiger partial charge < -0.3 is 10.7 Å². The van der Waals surface area contributed by atoms with Crippen molar-refractivity contribution in [2.24, 2.45) is 5.73 Å². The van der Waals surface area contributed by atoms with Crippen molar-refractivity contribution in [2.45, 2.75) is 13.3 Å². The summed E-state index contributed by atoms with van der Waals surface area (Å²) in [5, 5.41) is 0. The van der Waals surface area contributed by atoms with Gasteiger partial charge in [-0.1, -0.05) is 0 Å². The van der Waals surface area contributed by atoms with Crippen LogP contribution in [0.4, 0.5) is 0 Å². The molecule has 0 saturated heterocycles. The lowest BCUT2D eigenvalue weighted by Gasteiger charge is -1.88. The van der Waals surface area contributed by atoms with Crippen molar-refractivity contribution in [3.8, 4) is 0 Å². The van der Waals surface area contributed by atoms with Crippen LogP contribution in [0.1, 0.15) is 11.5 Å². The summed E-state index contributed by atoms with van der Waals surface area (Å²) in [6, 6.07) is 3.96. The fraction of sp³-hybridized carbons (Fsp3) is 0.333. The molecule has 0 atom stereocenters. The summed E-state index contributed by atoms with van der Waals surface area (Å²) in [7, 11) is 0. The number of hydrogen-bond acceptors (Lipinski definition) is 3. The van der Waals surface area contributed by atoms with Gasteiger partial charge in [0.25, 0.3) is 0 Å². The van der Waals surface area contributed by atoms with Crippen LogP contribution >= 0.6 is 0 Å². The summed E-state index contributed by atoms with van der Waals surface area (Å²) in [5.41, 5.74) is 8.18. The predicted octanol–water partition coefficient (Wildman–Crippen LogP) is 0.768. The van der Waals surface area contributed by atoms with Crippen LogP contribution in [-0.2, 0) is 6.42 Å². The third-order valence-electron chi connectivity index (χ3n) is 1.92. The van der Waals surface area contributed by atoms with Crippen LogP contribution in [0, 0.1) is 6.92 Å². The van der Waals surface area contributed by atoms with E-state index < -0.39 is 0 Å². The van der Waals surface area contributed by atoms with Crippen molar-refractivity contribution in [3.05, 3.63) is 23.7 Å². The van der Waals surface area contributed by atoms with Gasteiger partial charge in [0.15, 0.2) is 5.65 Å². The molecule has 0 aromatic carbocycles. The Bertz CT molecular complexity index is 418. The van der Waals surface area contributed by atoms with E-state index in [2.05, 4.69) is 15.0 Å². The quantitative estimate of drug-likeness (QED) is 0.710. The van der Waals surface area contributed by atoms with Crippen molar-refractivity contribution in [1.29, 1.82) is 0 Å². The lowest BCUT2D eigenvalue weighted by molar-refractivity contribution is 0.899. The van der Waals surface area contributed by atoms with E-state index in [4.69, 9.17) is 5.73 Å². The second-order valence-electron chi connectivity index (χ2n) is 3.05. The van der Waals surface area contributed by atoms with Gasteiger partial charge in [-0.3, -0.25) is 0 Å². The molecule has 68 valence electrons. The highest BCUT2D eigenvalue weighted by Crippen LogP contribution is 2.09. The van der Waals surface area contributed by atoms with E-state index in [1.54, 1.807) is 0 Å². The molecule has 4 heteroatoms. The average molecular weight is 176 g/mol. The Morgan fingerprint density at radius 1 is 1.38 bits per heavy atom. The SMILES string of the molecule is Cc1ccc2[nH]c(CCN)nc2n1. The maximum Gasteiger partial charge on any atom is 0.177 e. The standard InChI is InChI=1S/C9H12N4/c1-6-2-3-7-9(11-6)13-8(12-7)4-5-10/h2-3H,4-5,10H2,1H3,(H,11,12,13). The lowest BCUT2D eigenvalue weighted by atomic mass is 10.3. The normalized spacial score (nSPS) is 10.9. The Hall–Kier alpha value is -1.42. The van der Waals surface area contributed by atoms with Crippen molar-refractivity contribution in [1.82, 2.24) is 15.0 Å². The maximum atomic E-state index is 5.43. The number of aryl methyl sites for hydroxylation is 1. The Morgan fingerprint density at radius 3 is 3.00 bits per heavy atom. The Kier molecular flexibility index (Phi) is 1.98. The molecular weight excluding hydrogens is 164 g/mol. The molecule has 0 radical (unpaired) electrons. The molecule has 0 unspecified atom stereocenters. The van der Waals surface area contributed by atoms with Crippen molar-refractivity contribution in [2.75, 3.05) is 6.54 Å². The van der Waals surface area contributed by atoms with Gasteiger partial charge in [-0.2, -0.15) is 0 Å². The molecule has 0 aliphatic heterocycles. The van der Waals surface area contributed by atoms with E-state index in [9.17, 15) is 0 Å². The van der Waals surface area contributed by atoms with Crippen molar-refractivity contribution < 1.29 is 0 Å². The smallest absolute Gasteiger partial charge is 0.177 e. The first-order chi connectivity index (χ1) is 6.29. The highest BCUT2D eigenvalue weighted by molar-refractivity contribution is 5.70. The van der Waals surface area contributed by atoms with Crippen LogP contribution in [0.3, 0.4) is 0 Å². The number of aromatic amines is 1. The summed E-state index contributed by atoms with van der Waals surface area (Å²) in [4.78, 5) is 11.8. The van der Waals surface area contributed by atoms with Gasteiger partial charge in [0, 0.05) is 12.1 Å². The number of nitrogens with one attached hydrogen (secondary N) is 1. The summed E-state index contributed by atoms with van der Waals surface area (Å²) < 4.78 is 0. The second kappa shape index (κ2) is 3.14. The Morgan fingerprint density at radius 2 is 2.23 bits per heavy atom. The summed E-state index contributed by atoms with van der Waals surface area (Å²) in [6.07, 6.45) is 0.773. The van der Waals surface area contributed by atoms with Crippen molar-refractivity contribution >= 4 is 11.2 Å². The minimum absolute atomic E-state index is 0.610. The zero-order valence-electron chi connectivity index (χ0n) is 7.54. The first-order valence-electron chi connectivity index (χ1n) is 4.32. The summed E-state index contributed by atoms with van der Waals surface area (Å²) >= 11 is 0. The molecule has 0 saturated carbocycles. The fourth-order valence-corrected chi connectivity index (χ4v) is 1.29. The topological polar surface area (TPSA) is 67.6 Å². The Labute approximate surface area is 76.2 Å². The van der Waals surface area contributed by atoms with Gasteiger partial charge in [-0.05, 0) is 25.6 Å². The predicted molar refractivity (Wildman–Crippen MR) is 51.4 cm³/mol. The second-order valence-corrected chi connectivity index (χ2v) is 3.05. The first kappa shape index (κ1) is 8.19. The number of hydrogen-bond donors (Lipinski definition) is 2. The van der Waals surface area contributed by atoms with Crippen LogP contribution in [0.2, 0.25) is 0 Å². The first-order valence-corrected chi connectivity index (χ1v) is 4.32. The molecule has 2 aromatic rings. The van der Waals surface area contributed by atoms with Crippen LogP contribution in [0.5, 0.6) is 0 Å². The van der Waals surface area contributed by atoms with E-state index in [-0.39, 0.29) is 0 Å². The van der Waals surface area contributed by atoms with Gasteiger partial charge in [0.1, 0.15) is 5.82 Å². The molecule has 0 spiro atoms. The van der Waals surface area contributed by atoms with Crippen LogP contribution in [0.15, 0.2) is 12.1 Å². The van der Waals surface area contributed by atoms with Crippen molar-refractivity contribution in [3.63, 3.8) is 0 Å². The molecule has 0 aliphatic rings. The average Bonchev–Trinajstić information content (AvgIpc) is 2.46. The van der Waals surface area contributed by atoms with E-state index in [0.717, 1.165) is 29.1 Å². The lowest BCUT2D eigenvalue weighted by Crippen LogP contribution is -2.03. The highest BCUT2D eigenvalue weighted by atomic mass is 15.0. The summed E-state index contributed by atoms with van der Waals surface area (Å²) in [5.74, 6) is 0.913. The number of aromatic nitrogens is 3. The minimum Gasteiger partial charge on any atom is -0.341 e. The number of nitrogens with zero attached hydrogens (tertiary/aromatic N) is 2. The zero-order chi connectivity index (χ0) is 9.26. The number of nitrogens with two attached hydrogens (primary N) is 1.